The number of aromatic hydroxyl groups is 1. The third-order valence-corrected chi connectivity index (χ3v) is 4.23. The molecule has 23 heavy (non-hydrogen) atoms. The summed E-state index contributed by atoms with van der Waals surface area (Å²) in [6.45, 7) is 3.69. The van der Waals surface area contributed by atoms with E-state index in [0.29, 0.717) is 5.75 Å². The van der Waals surface area contributed by atoms with Crippen LogP contribution >= 0.6 is 0 Å². The molecule has 1 aliphatic rings. The summed E-state index contributed by atoms with van der Waals surface area (Å²) >= 11 is 0. The van der Waals surface area contributed by atoms with Crippen LogP contribution in [0.5, 0.6) is 11.5 Å². The molecule has 2 rings (SSSR count). The first kappa shape index (κ1) is 17.1. The number of piperidine rings is 1. The van der Waals surface area contributed by atoms with Crippen molar-refractivity contribution in [1.82, 2.24) is 4.90 Å². The SMILES string of the molecule is COc1ccc(C(=O)OCC(=O)N2C(C)CCCC2C)c(O)c1. The van der Waals surface area contributed by atoms with Crippen molar-refractivity contribution in [2.45, 2.75) is 45.2 Å². The number of rotatable bonds is 4. The molecule has 1 heterocycles. The van der Waals surface area contributed by atoms with Crippen LogP contribution in [0.2, 0.25) is 0 Å². The minimum absolute atomic E-state index is 0.0124. The Morgan fingerprint density at radius 1 is 1.26 bits per heavy atom. The van der Waals surface area contributed by atoms with Crippen molar-refractivity contribution in [2.75, 3.05) is 13.7 Å². The average molecular weight is 321 g/mol. The number of esters is 1. The molecular formula is C17H23NO5. The van der Waals surface area contributed by atoms with Gasteiger partial charge in [-0.15, -0.1) is 0 Å². The molecule has 0 aliphatic carbocycles. The Labute approximate surface area is 136 Å². The molecule has 2 atom stereocenters. The Morgan fingerprint density at radius 3 is 2.48 bits per heavy atom. The van der Waals surface area contributed by atoms with Crippen LogP contribution in [0.15, 0.2) is 18.2 Å². The quantitative estimate of drug-likeness (QED) is 0.862. The van der Waals surface area contributed by atoms with Gasteiger partial charge in [-0.3, -0.25) is 4.79 Å². The number of amides is 1. The summed E-state index contributed by atoms with van der Waals surface area (Å²) in [6.07, 6.45) is 3.03. The Kier molecular flexibility index (Phi) is 5.47. The first-order valence-electron chi connectivity index (χ1n) is 7.79. The van der Waals surface area contributed by atoms with E-state index in [2.05, 4.69) is 0 Å². The summed E-state index contributed by atoms with van der Waals surface area (Å²) in [5, 5.41) is 9.81. The largest absolute Gasteiger partial charge is 0.507 e. The minimum Gasteiger partial charge on any atom is -0.507 e. The third-order valence-electron chi connectivity index (χ3n) is 4.23. The summed E-state index contributed by atoms with van der Waals surface area (Å²) in [4.78, 5) is 26.1. The van der Waals surface area contributed by atoms with Gasteiger partial charge in [0.05, 0.1) is 7.11 Å². The van der Waals surface area contributed by atoms with Crippen molar-refractivity contribution in [3.63, 3.8) is 0 Å². The highest BCUT2D eigenvalue weighted by atomic mass is 16.5. The molecule has 0 saturated carbocycles. The minimum atomic E-state index is -0.726. The number of hydrogen-bond donors (Lipinski definition) is 1. The van der Waals surface area contributed by atoms with E-state index in [1.54, 1.807) is 11.0 Å². The maximum atomic E-state index is 12.3. The molecule has 0 bridgehead atoms. The number of likely N-dealkylation sites (tertiary alicyclic amines) is 1. The second-order valence-electron chi connectivity index (χ2n) is 5.89. The summed E-state index contributed by atoms with van der Waals surface area (Å²) < 4.78 is 10.0. The molecule has 1 aromatic carbocycles. The molecule has 1 aliphatic heterocycles. The first-order valence-corrected chi connectivity index (χ1v) is 7.79. The lowest BCUT2D eigenvalue weighted by Gasteiger charge is -2.38. The van der Waals surface area contributed by atoms with E-state index >= 15 is 0 Å². The molecule has 126 valence electrons. The number of nitrogens with zero attached hydrogens (tertiary/aromatic N) is 1. The summed E-state index contributed by atoms with van der Waals surface area (Å²) in [7, 11) is 1.46. The fourth-order valence-electron chi connectivity index (χ4n) is 3.00. The van der Waals surface area contributed by atoms with Crippen LogP contribution in [-0.2, 0) is 9.53 Å². The molecule has 2 unspecified atom stereocenters. The predicted octanol–water partition coefficient (Wildman–Crippen LogP) is 2.35. The maximum Gasteiger partial charge on any atom is 0.342 e. The molecule has 0 aromatic heterocycles. The van der Waals surface area contributed by atoms with Crippen LogP contribution in [0.1, 0.15) is 43.5 Å². The number of methoxy groups -OCH3 is 1. The highest BCUT2D eigenvalue weighted by Gasteiger charge is 2.29. The number of carbonyl (C=O) groups excluding carboxylic acids is 2. The summed E-state index contributed by atoms with van der Waals surface area (Å²) in [5.74, 6) is -0.727. The molecule has 1 amide bonds. The van der Waals surface area contributed by atoms with E-state index in [1.807, 2.05) is 13.8 Å². The van der Waals surface area contributed by atoms with Crippen LogP contribution in [0.3, 0.4) is 0 Å². The smallest absolute Gasteiger partial charge is 0.342 e. The van der Waals surface area contributed by atoms with E-state index < -0.39 is 5.97 Å². The van der Waals surface area contributed by atoms with Crippen molar-refractivity contribution in [3.8, 4) is 11.5 Å². The van der Waals surface area contributed by atoms with Crippen LogP contribution in [0, 0.1) is 0 Å². The van der Waals surface area contributed by atoms with Gasteiger partial charge in [-0.25, -0.2) is 4.79 Å². The van der Waals surface area contributed by atoms with Gasteiger partial charge in [0.25, 0.3) is 5.91 Å². The van der Waals surface area contributed by atoms with Gasteiger partial charge in [0, 0.05) is 18.2 Å². The molecule has 1 fully saturated rings. The summed E-state index contributed by atoms with van der Waals surface area (Å²) in [5.41, 5.74) is 0.0124. The molecule has 6 nitrogen and oxygen atoms in total. The van der Waals surface area contributed by atoms with Gasteiger partial charge < -0.3 is 19.5 Å². The third kappa shape index (κ3) is 3.94. The van der Waals surface area contributed by atoms with Crippen molar-refractivity contribution in [1.29, 1.82) is 0 Å². The number of ether oxygens (including phenoxy) is 2. The lowest BCUT2D eigenvalue weighted by atomic mass is 9.97. The van der Waals surface area contributed by atoms with Crippen LogP contribution in [0.25, 0.3) is 0 Å². The Balaban J connectivity index is 1.97. The lowest BCUT2D eigenvalue weighted by Crippen LogP contribution is -2.49. The molecular weight excluding hydrogens is 298 g/mol. The van der Waals surface area contributed by atoms with E-state index in [-0.39, 0.29) is 35.9 Å². The van der Waals surface area contributed by atoms with Crippen LogP contribution < -0.4 is 4.74 Å². The molecule has 6 heteroatoms. The standard InChI is InChI=1S/C17H23NO5/c1-11-5-4-6-12(2)18(11)16(20)10-23-17(21)14-8-7-13(22-3)9-15(14)19/h7-9,11-12,19H,4-6,10H2,1-3H3. The van der Waals surface area contributed by atoms with Crippen molar-refractivity contribution in [2.24, 2.45) is 0 Å². The van der Waals surface area contributed by atoms with Crippen molar-refractivity contribution in [3.05, 3.63) is 23.8 Å². The Morgan fingerprint density at radius 2 is 1.91 bits per heavy atom. The van der Waals surface area contributed by atoms with Crippen molar-refractivity contribution >= 4 is 11.9 Å². The molecule has 0 spiro atoms. The van der Waals surface area contributed by atoms with E-state index in [4.69, 9.17) is 9.47 Å². The number of hydrogen-bond acceptors (Lipinski definition) is 5. The predicted molar refractivity (Wildman–Crippen MR) is 84.6 cm³/mol. The van der Waals surface area contributed by atoms with Gasteiger partial charge >= 0.3 is 5.97 Å². The fraction of sp³-hybridized carbons (Fsp3) is 0.529. The van der Waals surface area contributed by atoms with E-state index in [9.17, 15) is 14.7 Å². The maximum absolute atomic E-state index is 12.3. The second kappa shape index (κ2) is 7.35. The zero-order chi connectivity index (χ0) is 17.0. The monoisotopic (exact) mass is 321 g/mol. The fourth-order valence-corrected chi connectivity index (χ4v) is 3.00. The lowest BCUT2D eigenvalue weighted by molar-refractivity contribution is -0.140. The van der Waals surface area contributed by atoms with Gasteiger partial charge in [0.1, 0.15) is 17.1 Å². The van der Waals surface area contributed by atoms with E-state index in [0.717, 1.165) is 19.3 Å². The average Bonchev–Trinajstić information content (AvgIpc) is 2.52. The van der Waals surface area contributed by atoms with E-state index in [1.165, 1.54) is 19.2 Å². The summed E-state index contributed by atoms with van der Waals surface area (Å²) in [6, 6.07) is 4.59. The molecule has 1 saturated heterocycles. The number of phenolic OH excluding ortho intramolecular Hbond substituents is 1. The Bertz CT molecular complexity index is 576. The second-order valence-corrected chi connectivity index (χ2v) is 5.89. The molecule has 1 N–H and O–H groups in total. The highest BCUT2D eigenvalue weighted by molar-refractivity contribution is 5.94. The van der Waals surface area contributed by atoms with Gasteiger partial charge in [-0.05, 0) is 45.2 Å². The highest BCUT2D eigenvalue weighted by Crippen LogP contribution is 2.25. The van der Waals surface area contributed by atoms with Gasteiger partial charge in [-0.2, -0.15) is 0 Å². The Hall–Kier alpha value is -2.24. The number of carbonyl (C=O) groups is 2. The molecule has 1 aromatic rings. The van der Waals surface area contributed by atoms with Gasteiger partial charge in [0.15, 0.2) is 6.61 Å². The zero-order valence-electron chi connectivity index (χ0n) is 13.7. The molecule has 0 radical (unpaired) electrons. The normalized spacial score (nSPS) is 20.9. The topological polar surface area (TPSA) is 76.1 Å². The number of benzene rings is 1. The van der Waals surface area contributed by atoms with Gasteiger partial charge in [-0.1, -0.05) is 0 Å². The first-order chi connectivity index (χ1) is 10.9. The number of phenols is 1. The van der Waals surface area contributed by atoms with Crippen molar-refractivity contribution < 1.29 is 24.2 Å². The van der Waals surface area contributed by atoms with Gasteiger partial charge in [0.2, 0.25) is 0 Å². The zero-order valence-corrected chi connectivity index (χ0v) is 13.7. The van der Waals surface area contributed by atoms with Crippen LogP contribution in [-0.4, -0.2) is 47.7 Å². The van der Waals surface area contributed by atoms with Crippen LogP contribution in [0.4, 0.5) is 0 Å².